The fourth-order valence-corrected chi connectivity index (χ4v) is 4.91. The number of aliphatic hydroxyl groups is 1. The van der Waals surface area contributed by atoms with Gasteiger partial charge in [0.1, 0.15) is 11.6 Å². The standard InChI is InChI=1S/C16H23FO4S/c1-12-5-7-16(18,8-6-12)11-22(19,20)10-13-9-14(17)3-4-15(13)21-2/h3-4,9,12,18H,5-8,10-11H2,1-2H3. The highest BCUT2D eigenvalue weighted by atomic mass is 32.2. The van der Waals surface area contributed by atoms with Crippen molar-refractivity contribution < 1.29 is 22.7 Å². The van der Waals surface area contributed by atoms with Crippen LogP contribution in [0.25, 0.3) is 0 Å². The van der Waals surface area contributed by atoms with E-state index in [0.717, 1.165) is 12.8 Å². The average Bonchev–Trinajstić information content (AvgIpc) is 2.41. The molecule has 1 saturated carbocycles. The van der Waals surface area contributed by atoms with Crippen molar-refractivity contribution in [3.05, 3.63) is 29.6 Å². The van der Waals surface area contributed by atoms with Crippen LogP contribution in [0.3, 0.4) is 0 Å². The summed E-state index contributed by atoms with van der Waals surface area (Å²) in [7, 11) is -2.14. The highest BCUT2D eigenvalue weighted by molar-refractivity contribution is 7.90. The van der Waals surface area contributed by atoms with Crippen LogP contribution >= 0.6 is 0 Å². The number of methoxy groups -OCH3 is 1. The van der Waals surface area contributed by atoms with Gasteiger partial charge in [-0.1, -0.05) is 6.92 Å². The first-order valence-electron chi connectivity index (χ1n) is 7.48. The molecule has 0 spiro atoms. The Balaban J connectivity index is 2.13. The second-order valence-corrected chi connectivity index (χ2v) is 8.46. The van der Waals surface area contributed by atoms with Gasteiger partial charge >= 0.3 is 0 Å². The number of rotatable bonds is 5. The topological polar surface area (TPSA) is 63.6 Å². The van der Waals surface area contributed by atoms with E-state index < -0.39 is 21.3 Å². The third-order valence-electron chi connectivity index (χ3n) is 4.31. The van der Waals surface area contributed by atoms with E-state index in [4.69, 9.17) is 4.74 Å². The Labute approximate surface area is 131 Å². The molecule has 1 aliphatic carbocycles. The highest BCUT2D eigenvalue weighted by Gasteiger charge is 2.36. The number of hydrogen-bond acceptors (Lipinski definition) is 4. The fourth-order valence-electron chi connectivity index (χ4n) is 3.00. The Kier molecular flexibility index (Phi) is 5.12. The summed E-state index contributed by atoms with van der Waals surface area (Å²) < 4.78 is 43.2. The molecule has 6 heteroatoms. The molecule has 1 fully saturated rings. The largest absolute Gasteiger partial charge is 0.496 e. The highest BCUT2D eigenvalue weighted by Crippen LogP contribution is 2.33. The van der Waals surface area contributed by atoms with Gasteiger partial charge in [-0.15, -0.1) is 0 Å². The molecule has 2 rings (SSSR count). The van der Waals surface area contributed by atoms with Crippen LogP contribution in [0.1, 0.15) is 38.2 Å². The van der Waals surface area contributed by atoms with Crippen LogP contribution in [-0.4, -0.2) is 32.0 Å². The van der Waals surface area contributed by atoms with Crippen molar-refractivity contribution in [2.24, 2.45) is 5.92 Å². The molecule has 22 heavy (non-hydrogen) atoms. The first-order chi connectivity index (χ1) is 10.2. The molecule has 124 valence electrons. The molecular weight excluding hydrogens is 307 g/mol. The molecular formula is C16H23FO4S. The lowest BCUT2D eigenvalue weighted by Crippen LogP contribution is -2.40. The van der Waals surface area contributed by atoms with Gasteiger partial charge in [-0.3, -0.25) is 0 Å². The second-order valence-electron chi connectivity index (χ2n) is 6.40. The van der Waals surface area contributed by atoms with E-state index in [1.807, 2.05) is 0 Å². The summed E-state index contributed by atoms with van der Waals surface area (Å²) in [5.41, 5.74) is -0.874. The zero-order chi connectivity index (χ0) is 16.4. The lowest BCUT2D eigenvalue weighted by atomic mass is 9.81. The number of benzene rings is 1. The van der Waals surface area contributed by atoms with E-state index in [2.05, 4.69) is 6.92 Å². The minimum atomic E-state index is -3.56. The van der Waals surface area contributed by atoms with Crippen LogP contribution in [0.2, 0.25) is 0 Å². The normalized spacial score (nSPS) is 25.9. The number of sulfone groups is 1. The third kappa shape index (κ3) is 4.43. The SMILES string of the molecule is COc1ccc(F)cc1CS(=O)(=O)CC1(O)CCC(C)CC1. The minimum Gasteiger partial charge on any atom is -0.496 e. The van der Waals surface area contributed by atoms with Crippen molar-refractivity contribution in [2.75, 3.05) is 12.9 Å². The summed E-state index contributed by atoms with van der Waals surface area (Å²) in [5, 5.41) is 10.5. The predicted octanol–water partition coefficient (Wildman–Crippen LogP) is 2.69. The van der Waals surface area contributed by atoms with Gasteiger partial charge in [-0.2, -0.15) is 0 Å². The number of hydrogen-bond donors (Lipinski definition) is 1. The van der Waals surface area contributed by atoms with Gasteiger partial charge in [0.25, 0.3) is 0 Å². The van der Waals surface area contributed by atoms with Crippen molar-refractivity contribution in [3.63, 3.8) is 0 Å². The van der Waals surface area contributed by atoms with Crippen LogP contribution in [-0.2, 0) is 15.6 Å². The molecule has 0 amide bonds. The molecule has 0 bridgehead atoms. The quantitative estimate of drug-likeness (QED) is 0.901. The van der Waals surface area contributed by atoms with Crippen LogP contribution in [0.15, 0.2) is 18.2 Å². The number of ether oxygens (including phenoxy) is 1. The maximum atomic E-state index is 13.3. The lowest BCUT2D eigenvalue weighted by Gasteiger charge is -2.34. The molecule has 0 heterocycles. The van der Waals surface area contributed by atoms with Gasteiger partial charge in [0.2, 0.25) is 0 Å². The van der Waals surface area contributed by atoms with Crippen LogP contribution in [0.5, 0.6) is 5.75 Å². The first kappa shape index (κ1) is 17.2. The van der Waals surface area contributed by atoms with Gasteiger partial charge in [0.05, 0.1) is 24.2 Å². The van der Waals surface area contributed by atoms with E-state index in [1.54, 1.807) is 0 Å². The molecule has 0 saturated heterocycles. The Hall–Kier alpha value is -1.14. The van der Waals surface area contributed by atoms with E-state index in [1.165, 1.54) is 25.3 Å². The van der Waals surface area contributed by atoms with Crippen LogP contribution in [0, 0.1) is 11.7 Å². The van der Waals surface area contributed by atoms with Crippen molar-refractivity contribution in [2.45, 2.75) is 44.0 Å². The smallest absolute Gasteiger partial charge is 0.157 e. The summed E-state index contributed by atoms with van der Waals surface area (Å²) >= 11 is 0. The third-order valence-corrected chi connectivity index (χ3v) is 6.04. The first-order valence-corrected chi connectivity index (χ1v) is 9.30. The van der Waals surface area contributed by atoms with Gasteiger partial charge in [-0.05, 0) is 49.8 Å². The summed E-state index contributed by atoms with van der Waals surface area (Å²) in [6.07, 6.45) is 2.64. The Morgan fingerprint density at radius 2 is 2.00 bits per heavy atom. The monoisotopic (exact) mass is 330 g/mol. The molecule has 4 nitrogen and oxygen atoms in total. The minimum absolute atomic E-state index is 0.285. The average molecular weight is 330 g/mol. The maximum absolute atomic E-state index is 13.3. The summed E-state index contributed by atoms with van der Waals surface area (Å²) in [6.45, 7) is 2.10. The van der Waals surface area contributed by atoms with Crippen LogP contribution in [0.4, 0.5) is 4.39 Å². The Morgan fingerprint density at radius 1 is 1.36 bits per heavy atom. The van der Waals surface area contributed by atoms with Gasteiger partial charge in [-0.25, -0.2) is 12.8 Å². The molecule has 1 aromatic rings. The Bertz CT molecular complexity index is 619. The predicted molar refractivity (Wildman–Crippen MR) is 83.0 cm³/mol. The van der Waals surface area contributed by atoms with E-state index >= 15 is 0 Å². The Morgan fingerprint density at radius 3 is 2.59 bits per heavy atom. The van der Waals surface area contributed by atoms with Gasteiger partial charge in [0, 0.05) is 5.56 Å². The number of halogens is 1. The molecule has 0 aromatic heterocycles. The summed E-state index contributed by atoms with van der Waals surface area (Å²) in [4.78, 5) is 0. The van der Waals surface area contributed by atoms with Crippen molar-refractivity contribution >= 4 is 9.84 Å². The molecule has 0 aliphatic heterocycles. The molecule has 0 unspecified atom stereocenters. The summed E-state index contributed by atoms with van der Waals surface area (Å²) in [6, 6.07) is 3.81. The second kappa shape index (κ2) is 6.54. The molecule has 0 atom stereocenters. The van der Waals surface area contributed by atoms with E-state index in [0.29, 0.717) is 24.5 Å². The van der Waals surface area contributed by atoms with Gasteiger partial charge in [0.15, 0.2) is 9.84 Å². The zero-order valence-corrected chi connectivity index (χ0v) is 13.8. The van der Waals surface area contributed by atoms with Crippen LogP contribution < -0.4 is 4.74 Å². The lowest BCUT2D eigenvalue weighted by molar-refractivity contribution is 0.0135. The zero-order valence-electron chi connectivity index (χ0n) is 13.0. The fraction of sp³-hybridized carbons (Fsp3) is 0.625. The van der Waals surface area contributed by atoms with E-state index in [-0.39, 0.29) is 17.1 Å². The molecule has 1 N–H and O–H groups in total. The van der Waals surface area contributed by atoms with E-state index in [9.17, 15) is 17.9 Å². The molecule has 1 aliphatic rings. The summed E-state index contributed by atoms with van der Waals surface area (Å²) in [5.74, 6) is -0.255. The van der Waals surface area contributed by atoms with Crippen molar-refractivity contribution in [1.29, 1.82) is 0 Å². The maximum Gasteiger partial charge on any atom is 0.157 e. The van der Waals surface area contributed by atoms with Crippen molar-refractivity contribution in [3.8, 4) is 5.75 Å². The van der Waals surface area contributed by atoms with Gasteiger partial charge < -0.3 is 9.84 Å². The molecule has 1 aromatic carbocycles. The molecule has 0 radical (unpaired) electrons. The van der Waals surface area contributed by atoms with Crippen molar-refractivity contribution in [1.82, 2.24) is 0 Å².